The molecule has 0 atom stereocenters. The molecule has 4 heteroatoms. The number of pyridine rings is 1. The molecule has 0 bridgehead atoms. The largest absolute Gasteiger partial charge is 0.405 e. The molecule has 0 N–H and O–H groups in total. The highest BCUT2D eigenvalue weighted by molar-refractivity contribution is 5.31. The molecule has 1 aromatic rings. The third kappa shape index (κ3) is 1.79. The summed E-state index contributed by atoms with van der Waals surface area (Å²) in [5, 5.41) is 1.87. The summed E-state index contributed by atoms with van der Waals surface area (Å²) in [6.07, 6.45) is 3.57. The van der Waals surface area contributed by atoms with Crippen molar-refractivity contribution >= 4 is 0 Å². The summed E-state index contributed by atoms with van der Waals surface area (Å²) in [5.74, 6) is 0.908. The molecule has 0 unspecified atom stereocenters. The van der Waals surface area contributed by atoms with Crippen LogP contribution in [0.3, 0.4) is 0 Å². The van der Waals surface area contributed by atoms with E-state index in [1.165, 1.54) is 0 Å². The van der Waals surface area contributed by atoms with Gasteiger partial charge in [-0.25, -0.2) is 0 Å². The van der Waals surface area contributed by atoms with Gasteiger partial charge in [-0.05, 0) is 0 Å². The first-order chi connectivity index (χ1) is 6.40. The van der Waals surface area contributed by atoms with Crippen molar-refractivity contribution in [1.82, 2.24) is 10.0 Å². The van der Waals surface area contributed by atoms with Gasteiger partial charge in [-0.1, -0.05) is 0 Å². The molecule has 1 aliphatic heterocycles. The van der Waals surface area contributed by atoms with Crippen LogP contribution in [0.4, 0.5) is 0 Å². The van der Waals surface area contributed by atoms with Crippen molar-refractivity contribution in [2.75, 3.05) is 20.3 Å². The van der Waals surface area contributed by atoms with Crippen molar-refractivity contribution in [3.05, 3.63) is 24.0 Å². The standard InChI is InChI=1S/C9H12N2O2/c1-12-5-4-11-7-8-6-10-3-2-9(8)13-11/h2-3,6H,4-5,7H2,1H3. The van der Waals surface area contributed by atoms with Crippen molar-refractivity contribution in [3.8, 4) is 5.75 Å². The Kier molecular flexibility index (Phi) is 2.42. The van der Waals surface area contributed by atoms with Crippen LogP contribution in [0.1, 0.15) is 5.56 Å². The summed E-state index contributed by atoms with van der Waals surface area (Å²) in [6, 6.07) is 1.88. The van der Waals surface area contributed by atoms with Gasteiger partial charge >= 0.3 is 0 Å². The van der Waals surface area contributed by atoms with E-state index in [4.69, 9.17) is 9.57 Å². The molecule has 2 heterocycles. The highest BCUT2D eigenvalue weighted by atomic mass is 16.7. The number of methoxy groups -OCH3 is 1. The molecular weight excluding hydrogens is 168 g/mol. The maximum Gasteiger partial charge on any atom is 0.155 e. The summed E-state index contributed by atoms with van der Waals surface area (Å²) in [4.78, 5) is 9.56. The van der Waals surface area contributed by atoms with E-state index in [9.17, 15) is 0 Å². The van der Waals surface area contributed by atoms with Gasteiger partial charge in [-0.15, -0.1) is 5.06 Å². The Morgan fingerprint density at radius 1 is 1.69 bits per heavy atom. The number of aromatic nitrogens is 1. The number of hydrogen-bond acceptors (Lipinski definition) is 4. The summed E-state index contributed by atoms with van der Waals surface area (Å²) >= 11 is 0. The van der Waals surface area contributed by atoms with Crippen LogP contribution < -0.4 is 4.84 Å². The van der Waals surface area contributed by atoms with E-state index in [0.717, 1.165) is 24.4 Å². The van der Waals surface area contributed by atoms with Gasteiger partial charge < -0.3 is 9.57 Å². The lowest BCUT2D eigenvalue weighted by Crippen LogP contribution is -2.25. The van der Waals surface area contributed by atoms with Crippen molar-refractivity contribution in [2.45, 2.75) is 6.54 Å². The number of ether oxygens (including phenoxy) is 1. The van der Waals surface area contributed by atoms with Crippen LogP contribution in [-0.4, -0.2) is 30.3 Å². The van der Waals surface area contributed by atoms with Gasteiger partial charge in [0.25, 0.3) is 0 Å². The molecule has 70 valence electrons. The minimum atomic E-state index is 0.682. The first kappa shape index (κ1) is 8.47. The van der Waals surface area contributed by atoms with E-state index in [2.05, 4.69) is 4.98 Å². The smallest absolute Gasteiger partial charge is 0.155 e. The molecule has 0 aromatic carbocycles. The van der Waals surface area contributed by atoms with Crippen LogP contribution >= 0.6 is 0 Å². The Balaban J connectivity index is 1.97. The zero-order valence-corrected chi connectivity index (χ0v) is 7.56. The number of fused-ring (bicyclic) bond motifs is 1. The van der Waals surface area contributed by atoms with Crippen LogP contribution in [0.2, 0.25) is 0 Å². The van der Waals surface area contributed by atoms with Crippen LogP contribution in [0, 0.1) is 0 Å². The lowest BCUT2D eigenvalue weighted by molar-refractivity contribution is -0.0568. The first-order valence-electron chi connectivity index (χ1n) is 4.25. The van der Waals surface area contributed by atoms with E-state index >= 15 is 0 Å². The Morgan fingerprint density at radius 2 is 2.62 bits per heavy atom. The minimum absolute atomic E-state index is 0.682. The fraction of sp³-hybridized carbons (Fsp3) is 0.444. The summed E-state index contributed by atoms with van der Waals surface area (Å²) < 4.78 is 4.97. The highest BCUT2D eigenvalue weighted by Gasteiger charge is 2.19. The third-order valence-corrected chi connectivity index (χ3v) is 1.98. The Labute approximate surface area is 77.0 Å². The second kappa shape index (κ2) is 3.72. The topological polar surface area (TPSA) is 34.6 Å². The van der Waals surface area contributed by atoms with Crippen LogP contribution in [-0.2, 0) is 11.3 Å². The van der Waals surface area contributed by atoms with Crippen LogP contribution in [0.25, 0.3) is 0 Å². The van der Waals surface area contributed by atoms with E-state index in [1.807, 2.05) is 17.3 Å². The minimum Gasteiger partial charge on any atom is -0.405 e. The number of hydrogen-bond donors (Lipinski definition) is 0. The fourth-order valence-electron chi connectivity index (χ4n) is 1.30. The molecule has 0 amide bonds. The Morgan fingerprint density at radius 3 is 3.38 bits per heavy atom. The van der Waals surface area contributed by atoms with Crippen molar-refractivity contribution in [2.24, 2.45) is 0 Å². The average molecular weight is 180 g/mol. The van der Waals surface area contributed by atoms with Crippen LogP contribution in [0.15, 0.2) is 18.5 Å². The van der Waals surface area contributed by atoms with Crippen molar-refractivity contribution < 1.29 is 9.57 Å². The van der Waals surface area contributed by atoms with Gasteiger partial charge in [0.2, 0.25) is 0 Å². The van der Waals surface area contributed by atoms with E-state index < -0.39 is 0 Å². The van der Waals surface area contributed by atoms with E-state index in [0.29, 0.717) is 6.61 Å². The second-order valence-electron chi connectivity index (χ2n) is 2.93. The predicted molar refractivity (Wildman–Crippen MR) is 47.2 cm³/mol. The molecule has 0 spiro atoms. The molecule has 2 rings (SSSR count). The van der Waals surface area contributed by atoms with E-state index in [-0.39, 0.29) is 0 Å². The maximum absolute atomic E-state index is 5.52. The van der Waals surface area contributed by atoms with Crippen molar-refractivity contribution in [1.29, 1.82) is 0 Å². The lowest BCUT2D eigenvalue weighted by Gasteiger charge is -2.12. The Bertz CT molecular complexity index is 266. The number of nitrogens with zero attached hydrogens (tertiary/aromatic N) is 2. The SMILES string of the molecule is COCCN1Cc2cnccc2O1. The molecule has 0 radical (unpaired) electrons. The van der Waals surface area contributed by atoms with Crippen LogP contribution in [0.5, 0.6) is 5.75 Å². The van der Waals surface area contributed by atoms with Gasteiger partial charge in [-0.3, -0.25) is 4.98 Å². The fourth-order valence-corrected chi connectivity index (χ4v) is 1.30. The van der Waals surface area contributed by atoms with Crippen molar-refractivity contribution in [3.63, 3.8) is 0 Å². The zero-order valence-electron chi connectivity index (χ0n) is 7.56. The average Bonchev–Trinajstić information content (AvgIpc) is 2.57. The predicted octanol–water partition coefficient (Wildman–Crippen LogP) is 0.837. The second-order valence-corrected chi connectivity index (χ2v) is 2.93. The molecule has 0 aliphatic carbocycles. The van der Waals surface area contributed by atoms with E-state index in [1.54, 1.807) is 13.3 Å². The summed E-state index contributed by atoms with van der Waals surface area (Å²) in [5.41, 5.74) is 1.14. The Hall–Kier alpha value is -1.13. The molecular formula is C9H12N2O2. The van der Waals surface area contributed by atoms with Gasteiger partial charge in [0.15, 0.2) is 5.75 Å². The maximum atomic E-state index is 5.52. The molecule has 0 saturated carbocycles. The third-order valence-electron chi connectivity index (χ3n) is 1.98. The monoisotopic (exact) mass is 180 g/mol. The molecule has 0 fully saturated rings. The zero-order chi connectivity index (χ0) is 9.10. The quantitative estimate of drug-likeness (QED) is 0.690. The van der Waals surface area contributed by atoms with Gasteiger partial charge in [0.1, 0.15) is 0 Å². The van der Waals surface area contributed by atoms with Gasteiger partial charge in [0, 0.05) is 31.1 Å². The summed E-state index contributed by atoms with van der Waals surface area (Å²) in [6.45, 7) is 2.26. The summed E-state index contributed by atoms with van der Waals surface area (Å²) in [7, 11) is 1.69. The first-order valence-corrected chi connectivity index (χ1v) is 4.25. The number of hydroxylamine groups is 2. The molecule has 13 heavy (non-hydrogen) atoms. The number of rotatable bonds is 3. The highest BCUT2D eigenvalue weighted by Crippen LogP contribution is 2.25. The molecule has 1 aromatic heterocycles. The molecule has 0 saturated heterocycles. The normalized spacial score (nSPS) is 15.5. The van der Waals surface area contributed by atoms with Gasteiger partial charge in [-0.2, -0.15) is 0 Å². The van der Waals surface area contributed by atoms with Gasteiger partial charge in [0.05, 0.1) is 19.7 Å². The lowest BCUT2D eigenvalue weighted by atomic mass is 10.3. The molecule has 1 aliphatic rings. The molecule has 4 nitrogen and oxygen atoms in total.